The van der Waals surface area contributed by atoms with Crippen molar-refractivity contribution in [2.75, 3.05) is 0 Å². The predicted octanol–water partition coefficient (Wildman–Crippen LogP) is 12.2. The average molecular weight is 938 g/mol. The zero-order chi connectivity index (χ0) is 50.9. The molecular weight excluding hydrogens is 863 g/mol. The smallest absolute Gasteiger partial charge is 0.434 e. The first-order valence-corrected chi connectivity index (χ1v) is 22.9. The maximum Gasteiger partial charge on any atom is 0.434 e. The van der Waals surface area contributed by atoms with Gasteiger partial charge in [-0.2, -0.15) is 10.2 Å². The number of hydrogen-bond donors (Lipinski definition) is 2. The second-order valence-electron chi connectivity index (χ2n) is 17.3. The van der Waals surface area contributed by atoms with Gasteiger partial charge in [0, 0.05) is 53.9 Å². The van der Waals surface area contributed by atoms with Crippen LogP contribution in [0.15, 0.2) is 127 Å². The maximum absolute atomic E-state index is 10.3. The number of tetrazole rings is 1. The standard InChI is InChI=1S/C9H12.2C8H11N.C6H9NO.C5H8N2O2.2C5H8N2O.C4H8N4/c1-8(2)9-6-4-3-5-7-9;1-7(2)8-4-3-5-9-6-8;1-7(2)8-5-3-4-6-9-8;1-5(2)6-7-3-4-8-6;1-3(2)4-6-7-5(8)9-4;1-4(2)5-7-6-3-8-5;1-4(2)5-6-3-7-8-5;1-3(2)4-5-7-8-6-4/h3-8H,1-2H3;2*3-7H,1-2H3;3-5H,1-2H3;3H,1-2H3,(H,7,8);2*3-4H,1-2H3;3H,1-2H3,(H,5,6,7,8). The largest absolute Gasteiger partial charge is 0.449 e. The van der Waals surface area contributed by atoms with Gasteiger partial charge in [-0.1, -0.05) is 164 Å². The molecule has 18 heteroatoms. The highest BCUT2D eigenvalue weighted by Gasteiger charge is 2.05. The summed E-state index contributed by atoms with van der Waals surface area (Å²) in [6.45, 7) is 33.0. The van der Waals surface area contributed by atoms with Gasteiger partial charge in [-0.3, -0.25) is 9.97 Å². The van der Waals surface area contributed by atoms with Gasteiger partial charge in [0.25, 0.3) is 0 Å². The van der Waals surface area contributed by atoms with Crippen LogP contribution in [0, 0.1) is 0 Å². The summed E-state index contributed by atoms with van der Waals surface area (Å²) in [5.41, 5.74) is 3.88. The monoisotopic (exact) mass is 938 g/mol. The van der Waals surface area contributed by atoms with E-state index in [1.54, 1.807) is 18.7 Å². The van der Waals surface area contributed by atoms with E-state index in [-0.39, 0.29) is 5.92 Å². The minimum absolute atomic E-state index is 0.170. The van der Waals surface area contributed by atoms with Crippen LogP contribution in [0.1, 0.15) is 204 Å². The van der Waals surface area contributed by atoms with Gasteiger partial charge in [0.2, 0.25) is 24.1 Å². The van der Waals surface area contributed by atoms with E-state index in [2.05, 4.69) is 142 Å². The fourth-order valence-electron chi connectivity index (χ4n) is 4.56. The number of benzene rings is 1. The minimum atomic E-state index is -0.487. The van der Waals surface area contributed by atoms with Crippen LogP contribution in [0.25, 0.3) is 0 Å². The molecule has 7 aromatic heterocycles. The van der Waals surface area contributed by atoms with Gasteiger partial charge in [-0.25, -0.2) is 14.9 Å². The highest BCUT2D eigenvalue weighted by Crippen LogP contribution is 2.13. The van der Waals surface area contributed by atoms with E-state index < -0.39 is 5.76 Å². The summed E-state index contributed by atoms with van der Waals surface area (Å²) in [6.07, 6.45) is 11.5. The predicted molar refractivity (Wildman–Crippen MR) is 264 cm³/mol. The van der Waals surface area contributed by atoms with Crippen molar-refractivity contribution in [1.29, 1.82) is 0 Å². The number of aromatic nitrogens is 13. The maximum atomic E-state index is 10.3. The van der Waals surface area contributed by atoms with E-state index in [0.29, 0.717) is 59.1 Å². The Balaban J connectivity index is 0.000000389. The first-order chi connectivity index (χ1) is 32.3. The Labute approximate surface area is 402 Å². The van der Waals surface area contributed by atoms with Crippen molar-refractivity contribution in [3.05, 3.63) is 161 Å². The SMILES string of the molecule is CC(C)c1ccccc1.CC(C)c1ccccn1.CC(C)c1cccnc1.CC(C)c1n[nH]c(=O)o1.CC(C)c1ncco1.CC(C)c1ncno1.CC(C)c1nn[nH]n1.CC(C)c1nnco1. The van der Waals surface area contributed by atoms with E-state index in [9.17, 15) is 4.79 Å². The number of hydrogen-bond acceptors (Lipinski definition) is 16. The molecule has 0 unspecified atom stereocenters. The van der Waals surface area contributed by atoms with Crippen LogP contribution in [-0.4, -0.2) is 66.1 Å². The number of pyridine rings is 2. The third kappa shape index (κ3) is 26.9. The molecule has 0 saturated carbocycles. The lowest BCUT2D eigenvalue weighted by Crippen LogP contribution is -1.93. The average Bonchev–Trinajstić information content (AvgIpc) is 4.19. The zero-order valence-corrected chi connectivity index (χ0v) is 42.9. The lowest BCUT2D eigenvalue weighted by Gasteiger charge is -2.01. The van der Waals surface area contributed by atoms with Gasteiger partial charge < -0.3 is 17.8 Å². The van der Waals surface area contributed by atoms with Crippen LogP contribution in [0.3, 0.4) is 0 Å². The molecule has 0 aliphatic heterocycles. The Morgan fingerprint density at radius 2 is 1.15 bits per heavy atom. The topological polar surface area (TPSA) is 243 Å². The summed E-state index contributed by atoms with van der Waals surface area (Å²) >= 11 is 0. The molecule has 0 aliphatic carbocycles. The molecule has 8 rings (SSSR count). The van der Waals surface area contributed by atoms with Crippen molar-refractivity contribution >= 4 is 0 Å². The van der Waals surface area contributed by atoms with E-state index in [0.717, 1.165) is 17.4 Å². The Morgan fingerprint density at radius 3 is 1.43 bits per heavy atom. The number of H-pyrrole nitrogens is 2. The molecule has 0 aliphatic rings. The molecule has 0 bridgehead atoms. The molecule has 2 N–H and O–H groups in total. The number of nitrogens with one attached hydrogen (secondary N) is 2. The van der Waals surface area contributed by atoms with Crippen molar-refractivity contribution in [1.82, 2.24) is 66.1 Å². The van der Waals surface area contributed by atoms with Gasteiger partial charge in [0.15, 0.2) is 18.0 Å². The summed E-state index contributed by atoms with van der Waals surface area (Å²) < 4.78 is 19.2. The fraction of sp³-hybridized carbons (Fsp3) is 0.480. The first kappa shape index (κ1) is 59.0. The minimum Gasteiger partial charge on any atom is -0.449 e. The van der Waals surface area contributed by atoms with E-state index >= 15 is 0 Å². The Bertz CT molecular complexity index is 2070. The first-order valence-electron chi connectivity index (χ1n) is 22.9. The molecule has 7 heterocycles. The molecule has 0 radical (unpaired) electrons. The van der Waals surface area contributed by atoms with Crippen molar-refractivity contribution in [3.8, 4) is 0 Å². The van der Waals surface area contributed by atoms with Gasteiger partial charge in [-0.05, 0) is 47.1 Å². The molecule has 68 heavy (non-hydrogen) atoms. The van der Waals surface area contributed by atoms with Crippen LogP contribution in [-0.2, 0) is 0 Å². The summed E-state index contributed by atoms with van der Waals surface area (Å²) in [6, 6.07) is 20.6. The van der Waals surface area contributed by atoms with Gasteiger partial charge in [0.05, 0.1) is 6.20 Å². The molecule has 0 spiro atoms. The molecule has 370 valence electrons. The Hall–Kier alpha value is -6.98. The molecule has 0 amide bonds. The second-order valence-corrected chi connectivity index (χ2v) is 17.3. The third-order valence-corrected chi connectivity index (χ3v) is 8.61. The van der Waals surface area contributed by atoms with E-state index in [4.69, 9.17) is 13.4 Å². The number of aromatic amines is 2. The van der Waals surface area contributed by atoms with Crippen LogP contribution in [0.4, 0.5) is 0 Å². The highest BCUT2D eigenvalue weighted by molar-refractivity contribution is 5.17. The summed E-state index contributed by atoms with van der Waals surface area (Å²) in [5, 5.41) is 29.8. The summed E-state index contributed by atoms with van der Waals surface area (Å²) in [4.78, 5) is 26.3. The van der Waals surface area contributed by atoms with Crippen molar-refractivity contribution in [3.63, 3.8) is 0 Å². The number of oxazole rings is 1. The fourth-order valence-corrected chi connectivity index (χ4v) is 4.56. The molecule has 1 aromatic carbocycles. The molecular formula is C50H75N13O5. The lowest BCUT2D eigenvalue weighted by atomic mass is 10.0. The van der Waals surface area contributed by atoms with Gasteiger partial charge in [0.1, 0.15) is 6.26 Å². The molecule has 8 aromatic rings. The Morgan fingerprint density at radius 1 is 0.515 bits per heavy atom. The second kappa shape index (κ2) is 34.3. The van der Waals surface area contributed by atoms with Crippen LogP contribution in [0.5, 0.6) is 0 Å². The van der Waals surface area contributed by atoms with E-state index in [1.165, 1.54) is 23.8 Å². The number of rotatable bonds is 8. The van der Waals surface area contributed by atoms with Crippen LogP contribution < -0.4 is 5.76 Å². The molecule has 0 saturated heterocycles. The molecule has 18 nitrogen and oxygen atoms in total. The van der Waals surface area contributed by atoms with Gasteiger partial charge in [-0.15, -0.1) is 25.5 Å². The summed E-state index contributed by atoms with van der Waals surface area (Å²) in [5.74, 6) is 6.39. The van der Waals surface area contributed by atoms with Crippen LogP contribution in [0.2, 0.25) is 0 Å². The normalized spacial score (nSPS) is 10.3. The van der Waals surface area contributed by atoms with Crippen LogP contribution >= 0.6 is 0 Å². The summed E-state index contributed by atoms with van der Waals surface area (Å²) in [7, 11) is 0. The third-order valence-electron chi connectivity index (χ3n) is 8.61. The molecule has 0 atom stereocenters. The lowest BCUT2D eigenvalue weighted by molar-refractivity contribution is 0.364. The van der Waals surface area contributed by atoms with Gasteiger partial charge >= 0.3 is 5.76 Å². The van der Waals surface area contributed by atoms with E-state index in [1.807, 2.05) is 112 Å². The van der Waals surface area contributed by atoms with Crippen molar-refractivity contribution in [2.24, 2.45) is 0 Å². The molecule has 0 fully saturated rings. The highest BCUT2D eigenvalue weighted by atomic mass is 16.5. The van der Waals surface area contributed by atoms with Crippen molar-refractivity contribution in [2.45, 2.75) is 158 Å². The van der Waals surface area contributed by atoms with Crippen molar-refractivity contribution < 1.29 is 17.8 Å². The zero-order valence-electron chi connectivity index (χ0n) is 42.9. The quantitative estimate of drug-likeness (QED) is 0.144. The Kier molecular flexibility index (Phi) is 29.8. The number of nitrogens with zero attached hydrogens (tertiary/aromatic N) is 11.